The van der Waals surface area contributed by atoms with E-state index >= 15 is 0 Å². The largest absolute Gasteiger partial charge is 0.496 e. The Hall–Kier alpha value is -2.83. The summed E-state index contributed by atoms with van der Waals surface area (Å²) in [6, 6.07) is 17.6. The van der Waals surface area contributed by atoms with Crippen molar-refractivity contribution < 1.29 is 17.9 Å². The van der Waals surface area contributed by atoms with Gasteiger partial charge in [0.05, 0.1) is 23.3 Å². The Kier molecular flexibility index (Phi) is 5.72. The molecule has 28 heavy (non-hydrogen) atoms. The van der Waals surface area contributed by atoms with Crippen LogP contribution in [0.2, 0.25) is 5.02 Å². The van der Waals surface area contributed by atoms with Crippen molar-refractivity contribution >= 4 is 33.1 Å². The van der Waals surface area contributed by atoms with Crippen molar-refractivity contribution in [2.75, 3.05) is 11.8 Å². The zero-order chi connectivity index (χ0) is 20.3. The summed E-state index contributed by atoms with van der Waals surface area (Å²) >= 11 is 6.07. The van der Waals surface area contributed by atoms with Gasteiger partial charge in [-0.25, -0.2) is 8.42 Å². The number of aryl methyl sites for hydroxylation is 1. The molecule has 0 aliphatic carbocycles. The molecule has 0 saturated heterocycles. The lowest BCUT2D eigenvalue weighted by Crippen LogP contribution is -2.16. The van der Waals surface area contributed by atoms with Crippen LogP contribution in [-0.2, 0) is 10.0 Å². The van der Waals surface area contributed by atoms with Crippen LogP contribution in [-0.4, -0.2) is 21.3 Å². The number of methoxy groups -OCH3 is 1. The molecule has 0 aliphatic rings. The zero-order valence-electron chi connectivity index (χ0n) is 15.3. The van der Waals surface area contributed by atoms with Crippen LogP contribution in [0.15, 0.2) is 71.6 Å². The molecule has 0 amide bonds. The topological polar surface area (TPSA) is 72.5 Å². The summed E-state index contributed by atoms with van der Waals surface area (Å²) in [4.78, 5) is 13.2. The number of para-hydroxylation sites is 1. The Balaban J connectivity index is 2.04. The number of carbonyl (C=O) groups is 1. The van der Waals surface area contributed by atoms with Gasteiger partial charge in [-0.2, -0.15) is 0 Å². The van der Waals surface area contributed by atoms with Crippen molar-refractivity contribution in [2.24, 2.45) is 0 Å². The van der Waals surface area contributed by atoms with E-state index in [2.05, 4.69) is 4.72 Å². The van der Waals surface area contributed by atoms with Gasteiger partial charge in [0.15, 0.2) is 5.78 Å². The third-order valence-corrected chi connectivity index (χ3v) is 5.77. The number of halogens is 1. The second kappa shape index (κ2) is 8.04. The highest BCUT2D eigenvalue weighted by Crippen LogP contribution is 2.29. The second-order valence-electron chi connectivity index (χ2n) is 6.14. The molecule has 144 valence electrons. The summed E-state index contributed by atoms with van der Waals surface area (Å²) in [5.41, 5.74) is 1.52. The quantitative estimate of drug-likeness (QED) is 0.593. The van der Waals surface area contributed by atoms with Crippen LogP contribution in [0, 0.1) is 6.92 Å². The van der Waals surface area contributed by atoms with E-state index in [-0.39, 0.29) is 16.1 Å². The predicted octanol–water partition coefficient (Wildman–Crippen LogP) is 4.69. The SMILES string of the molecule is COc1ccccc1C(=O)c1cc(Cl)ccc1NS(=O)(=O)c1ccc(C)cc1. The summed E-state index contributed by atoms with van der Waals surface area (Å²) in [5.74, 6) is -0.0126. The van der Waals surface area contributed by atoms with Gasteiger partial charge in [-0.3, -0.25) is 9.52 Å². The minimum absolute atomic E-state index is 0.101. The maximum absolute atomic E-state index is 13.1. The maximum atomic E-state index is 13.1. The van der Waals surface area contributed by atoms with Crippen LogP contribution in [0.25, 0.3) is 0 Å². The fourth-order valence-electron chi connectivity index (χ4n) is 2.69. The van der Waals surface area contributed by atoms with Gasteiger partial charge in [0.2, 0.25) is 0 Å². The molecule has 0 fully saturated rings. The number of ether oxygens (including phenoxy) is 1. The number of ketones is 1. The Morgan fingerprint density at radius 2 is 1.64 bits per heavy atom. The molecule has 0 aromatic heterocycles. The monoisotopic (exact) mass is 415 g/mol. The number of carbonyl (C=O) groups excluding carboxylic acids is 1. The fraction of sp³-hybridized carbons (Fsp3) is 0.0952. The van der Waals surface area contributed by atoms with Gasteiger partial charge >= 0.3 is 0 Å². The van der Waals surface area contributed by atoms with Gasteiger partial charge in [0, 0.05) is 10.6 Å². The van der Waals surface area contributed by atoms with Crippen LogP contribution in [0.4, 0.5) is 5.69 Å². The van der Waals surface area contributed by atoms with Crippen LogP contribution >= 0.6 is 11.6 Å². The van der Waals surface area contributed by atoms with Crippen LogP contribution < -0.4 is 9.46 Å². The van der Waals surface area contributed by atoms with Crippen molar-refractivity contribution in [2.45, 2.75) is 11.8 Å². The number of nitrogens with one attached hydrogen (secondary N) is 1. The third-order valence-electron chi connectivity index (χ3n) is 4.15. The smallest absolute Gasteiger partial charge is 0.261 e. The van der Waals surface area contributed by atoms with Crippen molar-refractivity contribution in [3.63, 3.8) is 0 Å². The Bertz CT molecular complexity index is 1130. The molecule has 0 radical (unpaired) electrons. The van der Waals surface area contributed by atoms with Gasteiger partial charge in [-0.15, -0.1) is 0 Å². The van der Waals surface area contributed by atoms with E-state index in [0.717, 1.165) is 5.56 Å². The van der Waals surface area contributed by atoms with Crippen LogP contribution in [0.3, 0.4) is 0 Å². The van der Waals surface area contributed by atoms with Crippen LogP contribution in [0.5, 0.6) is 5.75 Å². The Labute approximate surface area is 169 Å². The van der Waals surface area contributed by atoms with E-state index in [9.17, 15) is 13.2 Å². The van der Waals surface area contributed by atoms with Gasteiger partial charge in [0.1, 0.15) is 5.75 Å². The summed E-state index contributed by atoms with van der Waals surface area (Å²) in [5, 5.41) is 0.316. The average molecular weight is 416 g/mol. The molecule has 0 heterocycles. The first-order valence-electron chi connectivity index (χ1n) is 8.38. The molecular weight excluding hydrogens is 398 g/mol. The number of hydrogen-bond acceptors (Lipinski definition) is 4. The van der Waals surface area contributed by atoms with E-state index in [1.165, 1.54) is 37.4 Å². The minimum Gasteiger partial charge on any atom is -0.496 e. The van der Waals surface area contributed by atoms with Crippen molar-refractivity contribution in [3.8, 4) is 5.75 Å². The third kappa shape index (κ3) is 4.18. The molecule has 0 spiro atoms. The molecule has 0 saturated carbocycles. The second-order valence-corrected chi connectivity index (χ2v) is 8.26. The summed E-state index contributed by atoms with van der Waals surface area (Å²) < 4.78 is 33.2. The Morgan fingerprint density at radius 3 is 2.32 bits per heavy atom. The number of sulfonamides is 1. The number of benzene rings is 3. The first kappa shape index (κ1) is 19.9. The normalized spacial score (nSPS) is 11.1. The van der Waals surface area contributed by atoms with Gasteiger partial charge in [-0.1, -0.05) is 41.4 Å². The average Bonchev–Trinajstić information content (AvgIpc) is 2.69. The number of anilines is 1. The molecule has 0 atom stereocenters. The highest BCUT2D eigenvalue weighted by atomic mass is 35.5. The van der Waals surface area contributed by atoms with E-state index in [1.807, 2.05) is 6.92 Å². The highest BCUT2D eigenvalue weighted by Gasteiger charge is 2.22. The summed E-state index contributed by atoms with van der Waals surface area (Å²) in [6.45, 7) is 1.87. The summed E-state index contributed by atoms with van der Waals surface area (Å²) in [6.07, 6.45) is 0. The lowest BCUT2D eigenvalue weighted by Gasteiger charge is -2.14. The predicted molar refractivity (Wildman–Crippen MR) is 110 cm³/mol. The molecule has 3 aromatic rings. The van der Waals surface area contributed by atoms with Gasteiger partial charge in [-0.05, 0) is 49.4 Å². The molecule has 0 aliphatic heterocycles. The molecule has 0 unspecified atom stereocenters. The van der Waals surface area contributed by atoms with E-state index in [0.29, 0.717) is 16.3 Å². The van der Waals surface area contributed by atoms with Crippen molar-refractivity contribution in [1.82, 2.24) is 0 Å². The van der Waals surface area contributed by atoms with Gasteiger partial charge < -0.3 is 4.74 Å². The Morgan fingerprint density at radius 1 is 0.964 bits per heavy atom. The highest BCUT2D eigenvalue weighted by molar-refractivity contribution is 7.92. The molecule has 5 nitrogen and oxygen atoms in total. The van der Waals surface area contributed by atoms with Crippen molar-refractivity contribution in [3.05, 3.63) is 88.4 Å². The standard InChI is InChI=1S/C21H18ClNO4S/c1-14-7-10-16(11-8-14)28(25,26)23-19-12-9-15(22)13-18(19)21(24)17-5-3-4-6-20(17)27-2/h3-13,23H,1-2H3. The molecule has 0 bridgehead atoms. The molecule has 1 N–H and O–H groups in total. The number of rotatable bonds is 6. The molecule has 7 heteroatoms. The molecule has 3 aromatic carbocycles. The lowest BCUT2D eigenvalue weighted by molar-refractivity contribution is 0.103. The minimum atomic E-state index is -3.87. The van der Waals surface area contributed by atoms with E-state index < -0.39 is 15.8 Å². The van der Waals surface area contributed by atoms with E-state index in [4.69, 9.17) is 16.3 Å². The van der Waals surface area contributed by atoms with Gasteiger partial charge in [0.25, 0.3) is 10.0 Å². The zero-order valence-corrected chi connectivity index (χ0v) is 16.8. The fourth-order valence-corrected chi connectivity index (χ4v) is 3.94. The maximum Gasteiger partial charge on any atom is 0.261 e. The first-order chi connectivity index (χ1) is 13.3. The first-order valence-corrected chi connectivity index (χ1v) is 10.2. The number of hydrogen-bond donors (Lipinski definition) is 1. The van der Waals surface area contributed by atoms with Crippen LogP contribution in [0.1, 0.15) is 21.5 Å². The lowest BCUT2D eigenvalue weighted by atomic mass is 10.0. The summed E-state index contributed by atoms with van der Waals surface area (Å²) in [7, 11) is -2.41. The van der Waals surface area contributed by atoms with Crippen molar-refractivity contribution in [1.29, 1.82) is 0 Å². The molecule has 3 rings (SSSR count). The molecular formula is C21H18ClNO4S. The van der Waals surface area contributed by atoms with E-state index in [1.54, 1.807) is 36.4 Å².